The number of rotatable bonds is 1. The minimum absolute atomic E-state index is 0.644. The second-order valence-corrected chi connectivity index (χ2v) is 1.53. The lowest BCUT2D eigenvalue weighted by Crippen LogP contribution is -1.79. The minimum atomic E-state index is 0.644. The smallest absolute Gasteiger partial charge is 0.174 e. The standard InChI is InChI=1S/C4H6N4/c1-3(2)4-5-7-8-6-4/h1H2,2H3,(H,5,6,7,8). The highest BCUT2D eigenvalue weighted by molar-refractivity contribution is 5.52. The lowest BCUT2D eigenvalue weighted by Gasteiger charge is -1.82. The topological polar surface area (TPSA) is 54.5 Å². The van der Waals surface area contributed by atoms with Gasteiger partial charge in [0.2, 0.25) is 0 Å². The number of nitrogens with one attached hydrogen (secondary N) is 1. The fourth-order valence-electron chi connectivity index (χ4n) is 0.340. The normalized spacial score (nSPS) is 9.12. The average Bonchev–Trinajstić information content (AvgIpc) is 2.12. The van der Waals surface area contributed by atoms with Gasteiger partial charge in [-0.1, -0.05) is 6.58 Å². The highest BCUT2D eigenvalue weighted by Gasteiger charge is 1.92. The Morgan fingerprint density at radius 2 is 2.50 bits per heavy atom. The van der Waals surface area contributed by atoms with Crippen LogP contribution in [0.3, 0.4) is 0 Å². The molecule has 1 heterocycles. The molecule has 0 aromatic carbocycles. The van der Waals surface area contributed by atoms with Gasteiger partial charge in [-0.3, -0.25) is 0 Å². The van der Waals surface area contributed by atoms with Gasteiger partial charge in [-0.05, 0) is 22.9 Å². The zero-order valence-electron chi connectivity index (χ0n) is 4.55. The van der Waals surface area contributed by atoms with E-state index < -0.39 is 0 Å². The maximum atomic E-state index is 3.62. The van der Waals surface area contributed by atoms with Gasteiger partial charge < -0.3 is 0 Å². The van der Waals surface area contributed by atoms with E-state index in [2.05, 4.69) is 27.2 Å². The summed E-state index contributed by atoms with van der Waals surface area (Å²) in [6, 6.07) is 0. The minimum Gasteiger partial charge on any atom is -0.239 e. The van der Waals surface area contributed by atoms with Crippen LogP contribution in [0.25, 0.3) is 5.57 Å². The van der Waals surface area contributed by atoms with Crippen LogP contribution in [0.1, 0.15) is 12.7 Å². The summed E-state index contributed by atoms with van der Waals surface area (Å²) in [5.74, 6) is 0.644. The van der Waals surface area contributed by atoms with Crippen LogP contribution in [0.2, 0.25) is 0 Å². The summed E-state index contributed by atoms with van der Waals surface area (Å²) >= 11 is 0. The molecule has 0 radical (unpaired) electrons. The Bertz CT molecular complexity index is 176. The molecule has 0 aliphatic rings. The molecule has 0 aliphatic heterocycles. The van der Waals surface area contributed by atoms with Gasteiger partial charge in [0, 0.05) is 0 Å². The maximum Gasteiger partial charge on any atom is 0.174 e. The predicted octanol–water partition coefficient (Wildman–Crippen LogP) is 0.233. The summed E-state index contributed by atoms with van der Waals surface area (Å²) in [7, 11) is 0. The molecule has 0 bridgehead atoms. The molecule has 0 fully saturated rings. The summed E-state index contributed by atoms with van der Waals surface area (Å²) in [6.45, 7) is 5.46. The van der Waals surface area contributed by atoms with Gasteiger partial charge in [0.25, 0.3) is 0 Å². The summed E-state index contributed by atoms with van der Waals surface area (Å²) < 4.78 is 0. The highest BCUT2D eigenvalue weighted by Crippen LogP contribution is 1.98. The van der Waals surface area contributed by atoms with E-state index in [4.69, 9.17) is 0 Å². The molecule has 1 N–H and O–H groups in total. The van der Waals surface area contributed by atoms with Crippen LogP contribution in [-0.2, 0) is 0 Å². The molecule has 0 unspecified atom stereocenters. The Kier molecular flexibility index (Phi) is 1.07. The Morgan fingerprint density at radius 1 is 1.75 bits per heavy atom. The van der Waals surface area contributed by atoms with Crippen molar-refractivity contribution in [2.45, 2.75) is 6.92 Å². The molecule has 4 nitrogen and oxygen atoms in total. The number of hydrogen-bond acceptors (Lipinski definition) is 3. The van der Waals surface area contributed by atoms with Crippen molar-refractivity contribution in [3.05, 3.63) is 12.4 Å². The van der Waals surface area contributed by atoms with Crippen LogP contribution in [-0.4, -0.2) is 20.6 Å². The van der Waals surface area contributed by atoms with Crippen LogP contribution in [0.4, 0.5) is 0 Å². The second kappa shape index (κ2) is 1.73. The van der Waals surface area contributed by atoms with E-state index in [1.807, 2.05) is 6.92 Å². The third-order valence-corrected chi connectivity index (χ3v) is 0.750. The molecule has 1 aromatic heterocycles. The van der Waals surface area contributed by atoms with Crippen LogP contribution in [0, 0.1) is 0 Å². The van der Waals surface area contributed by atoms with Gasteiger partial charge in [-0.25, -0.2) is 5.10 Å². The number of allylic oxidation sites excluding steroid dienone is 1. The predicted molar refractivity (Wildman–Crippen MR) is 28.9 cm³/mol. The molecule has 42 valence electrons. The van der Waals surface area contributed by atoms with Gasteiger partial charge in [-0.15, -0.1) is 5.10 Å². The van der Waals surface area contributed by atoms with Gasteiger partial charge in [0.15, 0.2) is 5.82 Å². The first-order valence-electron chi connectivity index (χ1n) is 2.20. The largest absolute Gasteiger partial charge is 0.239 e. The Morgan fingerprint density at radius 3 is 2.75 bits per heavy atom. The monoisotopic (exact) mass is 110 g/mol. The molecule has 4 heteroatoms. The van der Waals surface area contributed by atoms with Crippen molar-refractivity contribution in [1.82, 2.24) is 20.6 Å². The zero-order chi connectivity index (χ0) is 5.98. The van der Waals surface area contributed by atoms with Crippen molar-refractivity contribution in [1.29, 1.82) is 0 Å². The van der Waals surface area contributed by atoms with E-state index in [1.165, 1.54) is 0 Å². The Balaban J connectivity index is 2.93. The van der Waals surface area contributed by atoms with Crippen molar-refractivity contribution in [2.75, 3.05) is 0 Å². The van der Waals surface area contributed by atoms with Crippen LogP contribution in [0.5, 0.6) is 0 Å². The maximum absolute atomic E-state index is 3.62. The van der Waals surface area contributed by atoms with E-state index in [0.29, 0.717) is 5.82 Å². The summed E-state index contributed by atoms with van der Waals surface area (Å²) in [5, 5.41) is 12.9. The third kappa shape index (κ3) is 0.726. The van der Waals surface area contributed by atoms with E-state index in [-0.39, 0.29) is 0 Å². The van der Waals surface area contributed by atoms with Gasteiger partial charge in [-0.2, -0.15) is 0 Å². The zero-order valence-corrected chi connectivity index (χ0v) is 4.55. The molecule has 8 heavy (non-hydrogen) atoms. The first-order chi connectivity index (χ1) is 3.80. The average molecular weight is 110 g/mol. The Hall–Kier alpha value is -1.19. The van der Waals surface area contributed by atoms with Crippen molar-refractivity contribution in [3.8, 4) is 0 Å². The molecule has 0 aliphatic carbocycles. The lowest BCUT2D eigenvalue weighted by atomic mass is 10.3. The molecule has 1 rings (SSSR count). The number of hydrogen-bond donors (Lipinski definition) is 1. The molecule has 0 amide bonds. The van der Waals surface area contributed by atoms with E-state index in [0.717, 1.165) is 5.57 Å². The molecule has 0 atom stereocenters. The molecular weight excluding hydrogens is 104 g/mol. The fourth-order valence-corrected chi connectivity index (χ4v) is 0.340. The van der Waals surface area contributed by atoms with Crippen LogP contribution < -0.4 is 0 Å². The van der Waals surface area contributed by atoms with Crippen LogP contribution >= 0.6 is 0 Å². The molecule has 0 saturated carbocycles. The third-order valence-electron chi connectivity index (χ3n) is 0.750. The Labute approximate surface area is 46.6 Å². The number of tetrazole rings is 1. The molecule has 0 spiro atoms. The van der Waals surface area contributed by atoms with Gasteiger partial charge in [0.05, 0.1) is 0 Å². The summed E-state index contributed by atoms with van der Waals surface area (Å²) in [4.78, 5) is 0. The summed E-state index contributed by atoms with van der Waals surface area (Å²) in [5.41, 5.74) is 0.843. The number of nitrogens with zero attached hydrogens (tertiary/aromatic N) is 3. The second-order valence-electron chi connectivity index (χ2n) is 1.53. The lowest BCUT2D eigenvalue weighted by molar-refractivity contribution is 0.881. The van der Waals surface area contributed by atoms with E-state index in [9.17, 15) is 0 Å². The van der Waals surface area contributed by atoms with Gasteiger partial charge in [0.1, 0.15) is 0 Å². The number of aromatic nitrogens is 4. The van der Waals surface area contributed by atoms with Crippen molar-refractivity contribution in [3.63, 3.8) is 0 Å². The van der Waals surface area contributed by atoms with Crippen molar-refractivity contribution < 1.29 is 0 Å². The van der Waals surface area contributed by atoms with Crippen LogP contribution in [0.15, 0.2) is 6.58 Å². The SMILES string of the molecule is C=C(C)c1nnn[nH]1. The van der Waals surface area contributed by atoms with E-state index in [1.54, 1.807) is 0 Å². The van der Waals surface area contributed by atoms with Gasteiger partial charge >= 0.3 is 0 Å². The fraction of sp³-hybridized carbons (Fsp3) is 0.250. The first kappa shape index (κ1) is 4.96. The highest BCUT2D eigenvalue weighted by atomic mass is 15.5. The van der Waals surface area contributed by atoms with Crippen molar-refractivity contribution in [2.24, 2.45) is 0 Å². The number of H-pyrrole nitrogens is 1. The summed E-state index contributed by atoms with van der Waals surface area (Å²) in [6.07, 6.45) is 0. The first-order valence-corrected chi connectivity index (χ1v) is 2.20. The molecule has 1 aromatic rings. The molecule has 0 saturated heterocycles. The quantitative estimate of drug-likeness (QED) is 0.563. The number of aromatic amines is 1. The van der Waals surface area contributed by atoms with Crippen molar-refractivity contribution >= 4 is 5.57 Å². The molecular formula is C4H6N4. The van der Waals surface area contributed by atoms with E-state index >= 15 is 0 Å².